The Balaban J connectivity index is 1.70. The molecule has 0 aliphatic carbocycles. The summed E-state index contributed by atoms with van der Waals surface area (Å²) in [6, 6.07) is 9.58. The molecule has 1 saturated heterocycles. The summed E-state index contributed by atoms with van der Waals surface area (Å²) in [7, 11) is 1.67. The van der Waals surface area contributed by atoms with Gasteiger partial charge in [0.15, 0.2) is 0 Å². The van der Waals surface area contributed by atoms with Gasteiger partial charge in [-0.05, 0) is 25.0 Å². The standard InChI is InChI=1S/C16H19N3O2/c1-18(11-15(20)19-8-4-5-9-19)16(21)14-10-12-6-2-3-7-13(12)17-14/h2-3,6-7,10,17H,4-5,8-9,11H2,1H3. The first-order valence-electron chi connectivity index (χ1n) is 7.26. The van der Waals surface area contributed by atoms with Gasteiger partial charge >= 0.3 is 0 Å². The molecule has 21 heavy (non-hydrogen) atoms. The summed E-state index contributed by atoms with van der Waals surface area (Å²) in [5.74, 6) is -0.127. The highest BCUT2D eigenvalue weighted by atomic mass is 16.2. The maximum atomic E-state index is 12.4. The van der Waals surface area contributed by atoms with E-state index in [1.165, 1.54) is 4.90 Å². The number of carbonyl (C=O) groups is 2. The van der Waals surface area contributed by atoms with Crippen LogP contribution >= 0.6 is 0 Å². The fourth-order valence-electron chi connectivity index (χ4n) is 2.74. The molecule has 0 spiro atoms. The Morgan fingerprint density at radius 3 is 2.67 bits per heavy atom. The third-order valence-corrected chi connectivity index (χ3v) is 3.94. The van der Waals surface area contributed by atoms with Gasteiger partial charge in [0.1, 0.15) is 5.69 Å². The zero-order chi connectivity index (χ0) is 14.8. The number of likely N-dealkylation sites (tertiary alicyclic amines) is 1. The molecule has 1 aromatic carbocycles. The van der Waals surface area contributed by atoms with Gasteiger partial charge in [-0.25, -0.2) is 0 Å². The van der Waals surface area contributed by atoms with E-state index >= 15 is 0 Å². The van der Waals surface area contributed by atoms with Crippen molar-refractivity contribution >= 4 is 22.7 Å². The SMILES string of the molecule is CN(CC(=O)N1CCCC1)C(=O)c1cc2ccccc2[nH]1. The molecular weight excluding hydrogens is 266 g/mol. The minimum atomic E-state index is -0.154. The van der Waals surface area contributed by atoms with Gasteiger partial charge in [0, 0.05) is 31.0 Å². The van der Waals surface area contributed by atoms with Crippen molar-refractivity contribution in [3.8, 4) is 0 Å². The number of amides is 2. The Kier molecular flexibility index (Phi) is 3.64. The van der Waals surface area contributed by atoms with Gasteiger partial charge in [-0.15, -0.1) is 0 Å². The third-order valence-electron chi connectivity index (χ3n) is 3.94. The summed E-state index contributed by atoms with van der Waals surface area (Å²) in [5.41, 5.74) is 1.45. The van der Waals surface area contributed by atoms with Crippen LogP contribution in [0.3, 0.4) is 0 Å². The molecule has 0 radical (unpaired) electrons. The first-order valence-corrected chi connectivity index (χ1v) is 7.26. The van der Waals surface area contributed by atoms with Crippen LogP contribution in [-0.2, 0) is 4.79 Å². The number of hydrogen-bond acceptors (Lipinski definition) is 2. The van der Waals surface area contributed by atoms with Gasteiger partial charge in [0.2, 0.25) is 5.91 Å². The second-order valence-electron chi connectivity index (χ2n) is 5.52. The molecule has 1 N–H and O–H groups in total. The van der Waals surface area contributed by atoms with Gasteiger partial charge in [-0.2, -0.15) is 0 Å². The fourth-order valence-corrected chi connectivity index (χ4v) is 2.74. The molecule has 5 heteroatoms. The first-order chi connectivity index (χ1) is 10.1. The molecule has 2 aromatic rings. The van der Waals surface area contributed by atoms with Gasteiger partial charge in [-0.1, -0.05) is 18.2 Å². The van der Waals surface area contributed by atoms with Crippen LogP contribution in [0.2, 0.25) is 0 Å². The number of nitrogens with zero attached hydrogens (tertiary/aromatic N) is 2. The van der Waals surface area contributed by atoms with Crippen molar-refractivity contribution in [2.45, 2.75) is 12.8 Å². The van der Waals surface area contributed by atoms with Crippen LogP contribution in [0.1, 0.15) is 23.3 Å². The second-order valence-corrected chi connectivity index (χ2v) is 5.52. The highest BCUT2D eigenvalue weighted by molar-refractivity contribution is 5.99. The summed E-state index contributed by atoms with van der Waals surface area (Å²) >= 11 is 0. The van der Waals surface area contributed by atoms with Crippen molar-refractivity contribution in [2.75, 3.05) is 26.7 Å². The van der Waals surface area contributed by atoms with Crippen LogP contribution in [-0.4, -0.2) is 53.3 Å². The number of fused-ring (bicyclic) bond motifs is 1. The van der Waals surface area contributed by atoms with E-state index < -0.39 is 0 Å². The number of hydrogen-bond donors (Lipinski definition) is 1. The van der Waals surface area contributed by atoms with Crippen molar-refractivity contribution in [1.82, 2.24) is 14.8 Å². The lowest BCUT2D eigenvalue weighted by molar-refractivity contribution is -0.130. The van der Waals surface area contributed by atoms with Crippen LogP contribution in [0, 0.1) is 0 Å². The zero-order valence-corrected chi connectivity index (χ0v) is 12.1. The number of likely N-dealkylation sites (N-methyl/N-ethyl adjacent to an activating group) is 1. The summed E-state index contributed by atoms with van der Waals surface area (Å²) in [6.07, 6.45) is 2.12. The molecule has 1 aliphatic heterocycles. The molecule has 0 bridgehead atoms. The van der Waals surface area contributed by atoms with Gasteiger partial charge in [0.05, 0.1) is 6.54 Å². The fraction of sp³-hybridized carbons (Fsp3) is 0.375. The van der Waals surface area contributed by atoms with Gasteiger partial charge in [0.25, 0.3) is 5.91 Å². The Bertz CT molecular complexity index is 638. The molecular formula is C16H19N3O2. The zero-order valence-electron chi connectivity index (χ0n) is 12.1. The van der Waals surface area contributed by atoms with Crippen LogP contribution in [0.15, 0.2) is 30.3 Å². The molecule has 1 aliphatic rings. The average Bonchev–Trinajstić information content (AvgIpc) is 3.15. The highest BCUT2D eigenvalue weighted by Crippen LogP contribution is 2.16. The number of aromatic nitrogens is 1. The number of benzene rings is 1. The van der Waals surface area contributed by atoms with E-state index in [1.807, 2.05) is 35.2 Å². The maximum absolute atomic E-state index is 12.4. The van der Waals surface area contributed by atoms with Crippen LogP contribution in [0.25, 0.3) is 10.9 Å². The number of para-hydroxylation sites is 1. The van der Waals surface area contributed by atoms with Crippen molar-refractivity contribution in [3.63, 3.8) is 0 Å². The van der Waals surface area contributed by atoms with Gasteiger partial charge in [-0.3, -0.25) is 9.59 Å². The van der Waals surface area contributed by atoms with Crippen LogP contribution < -0.4 is 0 Å². The largest absolute Gasteiger partial charge is 0.351 e. The molecule has 0 atom stereocenters. The summed E-state index contributed by atoms with van der Waals surface area (Å²) in [5, 5.41) is 1.00. The molecule has 3 rings (SSSR count). The first kappa shape index (κ1) is 13.7. The summed E-state index contributed by atoms with van der Waals surface area (Å²) in [4.78, 5) is 30.9. The predicted molar refractivity (Wildman–Crippen MR) is 81.1 cm³/mol. The maximum Gasteiger partial charge on any atom is 0.270 e. The molecule has 1 aromatic heterocycles. The molecule has 0 saturated carbocycles. The Hall–Kier alpha value is -2.30. The Labute approximate surface area is 123 Å². The van der Waals surface area contributed by atoms with Crippen molar-refractivity contribution in [1.29, 1.82) is 0 Å². The van der Waals surface area contributed by atoms with Crippen molar-refractivity contribution in [2.24, 2.45) is 0 Å². The number of carbonyl (C=O) groups excluding carboxylic acids is 2. The number of rotatable bonds is 3. The minimum Gasteiger partial charge on any atom is -0.351 e. The lowest BCUT2D eigenvalue weighted by Crippen LogP contribution is -2.39. The Morgan fingerprint density at radius 2 is 1.95 bits per heavy atom. The quantitative estimate of drug-likeness (QED) is 0.936. The van der Waals surface area contributed by atoms with Crippen LogP contribution in [0.4, 0.5) is 0 Å². The molecule has 1 fully saturated rings. The van der Waals surface area contributed by atoms with E-state index in [2.05, 4.69) is 4.98 Å². The summed E-state index contributed by atoms with van der Waals surface area (Å²) < 4.78 is 0. The Morgan fingerprint density at radius 1 is 1.24 bits per heavy atom. The molecule has 0 unspecified atom stereocenters. The smallest absolute Gasteiger partial charge is 0.270 e. The molecule has 2 heterocycles. The molecule has 110 valence electrons. The molecule has 2 amide bonds. The minimum absolute atomic E-state index is 0.0273. The topological polar surface area (TPSA) is 56.4 Å². The number of nitrogens with one attached hydrogen (secondary N) is 1. The second kappa shape index (κ2) is 5.60. The van der Waals surface area contributed by atoms with E-state index in [9.17, 15) is 9.59 Å². The third kappa shape index (κ3) is 2.77. The van der Waals surface area contributed by atoms with Crippen molar-refractivity contribution in [3.05, 3.63) is 36.0 Å². The highest BCUT2D eigenvalue weighted by Gasteiger charge is 2.22. The number of H-pyrrole nitrogens is 1. The van der Waals surface area contributed by atoms with Crippen LogP contribution in [0.5, 0.6) is 0 Å². The summed E-state index contributed by atoms with van der Waals surface area (Å²) in [6.45, 7) is 1.76. The molecule has 5 nitrogen and oxygen atoms in total. The average molecular weight is 285 g/mol. The predicted octanol–water partition coefficient (Wildman–Crippen LogP) is 1.86. The lowest BCUT2D eigenvalue weighted by Gasteiger charge is -2.20. The lowest BCUT2D eigenvalue weighted by atomic mass is 10.2. The van der Waals surface area contributed by atoms with E-state index in [0.717, 1.165) is 36.8 Å². The number of aromatic amines is 1. The van der Waals surface area contributed by atoms with Crippen molar-refractivity contribution < 1.29 is 9.59 Å². The van der Waals surface area contributed by atoms with E-state index in [0.29, 0.717) is 5.69 Å². The van der Waals surface area contributed by atoms with E-state index in [1.54, 1.807) is 7.05 Å². The van der Waals surface area contributed by atoms with Gasteiger partial charge < -0.3 is 14.8 Å². The monoisotopic (exact) mass is 285 g/mol. The van der Waals surface area contributed by atoms with E-state index in [4.69, 9.17) is 0 Å². The van der Waals surface area contributed by atoms with E-state index in [-0.39, 0.29) is 18.4 Å². The normalized spacial score (nSPS) is 14.6.